The van der Waals surface area contributed by atoms with E-state index in [4.69, 9.17) is 5.11 Å². The Labute approximate surface area is 144 Å². The van der Waals surface area contributed by atoms with Gasteiger partial charge in [0.25, 0.3) is 11.8 Å². The molecule has 0 saturated heterocycles. The van der Waals surface area contributed by atoms with Gasteiger partial charge in [-0.1, -0.05) is 26.8 Å². The van der Waals surface area contributed by atoms with Crippen molar-refractivity contribution < 1.29 is 24.6 Å². The normalized spacial score (nSPS) is 14.0. The molecule has 3 rings (SSSR count). The zero-order chi connectivity index (χ0) is 18.5. The minimum absolute atomic E-state index is 0.110. The van der Waals surface area contributed by atoms with Gasteiger partial charge in [0, 0.05) is 0 Å². The van der Waals surface area contributed by atoms with Gasteiger partial charge in [0.1, 0.15) is 11.3 Å². The van der Waals surface area contributed by atoms with Gasteiger partial charge < -0.3 is 10.2 Å². The van der Waals surface area contributed by atoms with Crippen LogP contribution in [0.25, 0.3) is 0 Å². The van der Waals surface area contributed by atoms with E-state index in [1.165, 1.54) is 6.07 Å². The van der Waals surface area contributed by atoms with Crippen LogP contribution in [-0.2, 0) is 5.41 Å². The minimum Gasteiger partial charge on any atom is -0.507 e. The molecular formula is C19H17NO5. The summed E-state index contributed by atoms with van der Waals surface area (Å²) < 4.78 is 0. The minimum atomic E-state index is -1.34. The molecule has 0 aromatic heterocycles. The molecule has 0 saturated carbocycles. The van der Waals surface area contributed by atoms with Gasteiger partial charge in [-0.25, -0.2) is 9.69 Å². The number of rotatable bonds is 2. The molecule has 0 fully saturated rings. The Hall–Kier alpha value is -3.15. The smallest absolute Gasteiger partial charge is 0.339 e. The van der Waals surface area contributed by atoms with Gasteiger partial charge in [0.2, 0.25) is 0 Å². The van der Waals surface area contributed by atoms with Gasteiger partial charge in [0.15, 0.2) is 0 Å². The standard InChI is InChI=1S/C19H17NO5/c1-19(2,3)10-4-6-12-13(8-10)17(23)20(16(12)22)11-5-7-15(21)14(9-11)18(24)25/h4-9,21H,1-3H3,(H,24,25). The molecule has 1 aliphatic heterocycles. The lowest BCUT2D eigenvalue weighted by molar-refractivity contribution is 0.0692. The van der Waals surface area contributed by atoms with Crippen molar-refractivity contribution in [3.8, 4) is 5.75 Å². The summed E-state index contributed by atoms with van der Waals surface area (Å²) >= 11 is 0. The van der Waals surface area contributed by atoms with Gasteiger partial charge in [-0.05, 0) is 41.3 Å². The van der Waals surface area contributed by atoms with Crippen molar-refractivity contribution in [1.82, 2.24) is 0 Å². The second-order valence-corrected chi connectivity index (χ2v) is 6.96. The molecule has 0 atom stereocenters. The summed E-state index contributed by atoms with van der Waals surface area (Å²) in [6, 6.07) is 8.75. The number of fused-ring (bicyclic) bond motifs is 1. The average molecular weight is 339 g/mol. The van der Waals surface area contributed by atoms with E-state index >= 15 is 0 Å². The lowest BCUT2D eigenvalue weighted by Crippen LogP contribution is -2.29. The number of phenols is 1. The predicted molar refractivity (Wildman–Crippen MR) is 91.3 cm³/mol. The molecule has 6 heteroatoms. The van der Waals surface area contributed by atoms with Gasteiger partial charge >= 0.3 is 5.97 Å². The third-order valence-corrected chi connectivity index (χ3v) is 4.22. The Bertz CT molecular complexity index is 924. The van der Waals surface area contributed by atoms with Crippen molar-refractivity contribution in [2.24, 2.45) is 0 Å². The summed E-state index contributed by atoms with van der Waals surface area (Å²) in [7, 11) is 0. The zero-order valence-electron chi connectivity index (χ0n) is 14.0. The van der Waals surface area contributed by atoms with Gasteiger partial charge in [-0.3, -0.25) is 9.59 Å². The molecule has 128 valence electrons. The van der Waals surface area contributed by atoms with Crippen molar-refractivity contribution in [3.63, 3.8) is 0 Å². The number of imide groups is 1. The quantitative estimate of drug-likeness (QED) is 0.819. The number of hydrogen-bond donors (Lipinski definition) is 2. The molecule has 2 N–H and O–H groups in total. The summed E-state index contributed by atoms with van der Waals surface area (Å²) in [5.74, 6) is -2.79. The first kappa shape index (κ1) is 16.7. The zero-order valence-corrected chi connectivity index (χ0v) is 14.0. The first-order valence-electron chi connectivity index (χ1n) is 7.71. The summed E-state index contributed by atoms with van der Waals surface area (Å²) in [6.07, 6.45) is 0. The number of nitrogens with zero attached hydrogens (tertiary/aromatic N) is 1. The van der Waals surface area contributed by atoms with E-state index in [0.29, 0.717) is 5.56 Å². The Morgan fingerprint density at radius 1 is 0.960 bits per heavy atom. The molecule has 25 heavy (non-hydrogen) atoms. The van der Waals surface area contributed by atoms with Gasteiger partial charge in [-0.2, -0.15) is 0 Å². The van der Waals surface area contributed by atoms with E-state index in [1.54, 1.807) is 12.1 Å². The number of aromatic carboxylic acids is 1. The third kappa shape index (κ3) is 2.65. The van der Waals surface area contributed by atoms with Crippen LogP contribution in [0.15, 0.2) is 36.4 Å². The largest absolute Gasteiger partial charge is 0.507 e. The van der Waals surface area contributed by atoms with Crippen LogP contribution in [-0.4, -0.2) is 28.0 Å². The van der Waals surface area contributed by atoms with Crippen molar-refractivity contribution in [3.05, 3.63) is 58.7 Å². The summed E-state index contributed by atoms with van der Waals surface area (Å²) in [5, 5.41) is 18.7. The average Bonchev–Trinajstić information content (AvgIpc) is 2.78. The highest BCUT2D eigenvalue weighted by Crippen LogP contribution is 2.33. The fourth-order valence-electron chi connectivity index (χ4n) is 2.78. The molecule has 0 bridgehead atoms. The van der Waals surface area contributed by atoms with E-state index in [2.05, 4.69) is 0 Å². The van der Waals surface area contributed by atoms with Crippen LogP contribution in [0.4, 0.5) is 5.69 Å². The van der Waals surface area contributed by atoms with Crippen LogP contribution in [0.3, 0.4) is 0 Å². The van der Waals surface area contributed by atoms with Crippen LogP contribution < -0.4 is 4.90 Å². The second kappa shape index (κ2) is 5.44. The van der Waals surface area contributed by atoms with Gasteiger partial charge in [-0.15, -0.1) is 0 Å². The lowest BCUT2D eigenvalue weighted by atomic mass is 9.85. The number of carbonyl (C=O) groups is 3. The van der Waals surface area contributed by atoms with E-state index in [-0.39, 0.29) is 22.2 Å². The molecule has 2 aromatic rings. The Balaban J connectivity index is 2.09. The number of anilines is 1. The van der Waals surface area contributed by atoms with Crippen LogP contribution in [0.1, 0.15) is 57.4 Å². The molecule has 2 amide bonds. The predicted octanol–water partition coefficient (Wildman–Crippen LogP) is 3.19. The molecule has 1 aliphatic rings. The van der Waals surface area contributed by atoms with Crippen LogP contribution in [0.5, 0.6) is 5.75 Å². The number of carbonyl (C=O) groups excluding carboxylic acids is 2. The fraction of sp³-hybridized carbons (Fsp3) is 0.211. The van der Waals surface area contributed by atoms with Gasteiger partial charge in [0.05, 0.1) is 16.8 Å². The second-order valence-electron chi connectivity index (χ2n) is 6.96. The van der Waals surface area contributed by atoms with Crippen LogP contribution in [0, 0.1) is 0 Å². The Morgan fingerprint density at radius 3 is 2.20 bits per heavy atom. The highest BCUT2D eigenvalue weighted by Gasteiger charge is 2.37. The maximum absolute atomic E-state index is 12.7. The maximum atomic E-state index is 12.7. The fourth-order valence-corrected chi connectivity index (χ4v) is 2.78. The molecule has 2 aromatic carbocycles. The molecule has 6 nitrogen and oxygen atoms in total. The lowest BCUT2D eigenvalue weighted by Gasteiger charge is -2.19. The highest BCUT2D eigenvalue weighted by atomic mass is 16.4. The summed E-state index contributed by atoms with van der Waals surface area (Å²) in [6.45, 7) is 6.02. The topological polar surface area (TPSA) is 94.9 Å². The molecule has 0 unspecified atom stereocenters. The van der Waals surface area contributed by atoms with Crippen molar-refractivity contribution in [2.45, 2.75) is 26.2 Å². The molecule has 0 radical (unpaired) electrons. The van der Waals surface area contributed by atoms with E-state index in [9.17, 15) is 19.5 Å². The monoisotopic (exact) mass is 339 g/mol. The van der Waals surface area contributed by atoms with Crippen molar-refractivity contribution in [1.29, 1.82) is 0 Å². The number of benzene rings is 2. The number of carboxylic acids is 1. The number of carboxylic acid groups (broad SMARTS) is 1. The van der Waals surface area contributed by atoms with E-state index < -0.39 is 23.5 Å². The summed E-state index contributed by atoms with van der Waals surface area (Å²) in [4.78, 5) is 37.5. The summed E-state index contributed by atoms with van der Waals surface area (Å²) in [5.41, 5.74) is 1.06. The van der Waals surface area contributed by atoms with Crippen LogP contribution >= 0.6 is 0 Å². The molecule has 1 heterocycles. The molecular weight excluding hydrogens is 322 g/mol. The first-order valence-corrected chi connectivity index (χ1v) is 7.71. The number of hydrogen-bond acceptors (Lipinski definition) is 4. The van der Waals surface area contributed by atoms with E-state index in [1.807, 2.05) is 26.8 Å². The third-order valence-electron chi connectivity index (χ3n) is 4.22. The number of amides is 2. The number of aromatic hydroxyl groups is 1. The SMILES string of the molecule is CC(C)(C)c1ccc2c(c1)C(=O)N(c1ccc(O)c(C(=O)O)c1)C2=O. The first-order chi connectivity index (χ1) is 11.6. The molecule has 0 aliphatic carbocycles. The van der Waals surface area contributed by atoms with Crippen molar-refractivity contribution >= 4 is 23.5 Å². The Morgan fingerprint density at radius 2 is 1.60 bits per heavy atom. The molecule has 0 spiro atoms. The van der Waals surface area contributed by atoms with Crippen molar-refractivity contribution in [2.75, 3.05) is 4.90 Å². The Kier molecular flexibility index (Phi) is 3.64. The van der Waals surface area contributed by atoms with Crippen LogP contribution in [0.2, 0.25) is 0 Å². The maximum Gasteiger partial charge on any atom is 0.339 e. The van der Waals surface area contributed by atoms with E-state index in [0.717, 1.165) is 22.6 Å². The highest BCUT2D eigenvalue weighted by molar-refractivity contribution is 6.34.